The summed E-state index contributed by atoms with van der Waals surface area (Å²) in [5.74, 6) is 0.987. The molecule has 0 aromatic carbocycles. The van der Waals surface area contributed by atoms with E-state index in [-0.39, 0.29) is 23.0 Å². The first kappa shape index (κ1) is 22.3. The summed E-state index contributed by atoms with van der Waals surface area (Å²) in [6.45, 7) is 10.3. The highest BCUT2D eigenvalue weighted by Crippen LogP contribution is 2.69. The number of aliphatic hydroxyl groups excluding tert-OH is 1. The number of aliphatic hydroxyl groups is 2. The molecule has 5 unspecified atom stereocenters. The van der Waals surface area contributed by atoms with Crippen molar-refractivity contribution in [1.29, 1.82) is 0 Å². The molecule has 1 aliphatic heterocycles. The molecular formula is C25H40NO5. The molecule has 5 rings (SSSR count). The van der Waals surface area contributed by atoms with Gasteiger partial charge in [0.05, 0.1) is 18.2 Å². The van der Waals surface area contributed by atoms with E-state index in [4.69, 9.17) is 4.74 Å². The van der Waals surface area contributed by atoms with Crippen molar-refractivity contribution >= 4 is 5.78 Å². The third-order valence-corrected chi connectivity index (χ3v) is 11.1. The molecule has 0 bridgehead atoms. The minimum atomic E-state index is -1.23. The molecule has 0 amide bonds. The van der Waals surface area contributed by atoms with Crippen LogP contribution in [-0.4, -0.2) is 50.6 Å². The van der Waals surface area contributed by atoms with Crippen LogP contribution in [0.2, 0.25) is 0 Å². The molecule has 4 saturated carbocycles. The van der Waals surface area contributed by atoms with Gasteiger partial charge in [-0.05, 0) is 101 Å². The lowest BCUT2D eigenvalue weighted by atomic mass is 9.43. The second-order valence-corrected chi connectivity index (χ2v) is 12.7. The fraction of sp³-hybridized carbons (Fsp3) is 0.960. The zero-order chi connectivity index (χ0) is 22.6. The highest BCUT2D eigenvalue weighted by molar-refractivity contribution is 5.86. The molecule has 4 aliphatic carbocycles. The summed E-state index contributed by atoms with van der Waals surface area (Å²) in [5, 5.41) is 37.1. The van der Waals surface area contributed by atoms with Crippen molar-refractivity contribution in [1.82, 2.24) is 5.06 Å². The van der Waals surface area contributed by atoms with Crippen molar-refractivity contribution in [3.05, 3.63) is 0 Å². The first-order valence-electron chi connectivity index (χ1n) is 12.3. The normalized spacial score (nSPS) is 56.2. The average Bonchev–Trinajstić information content (AvgIpc) is 3.10. The minimum absolute atomic E-state index is 0.0389. The quantitative estimate of drug-likeness (QED) is 0.660. The Hall–Kier alpha value is -0.530. The Kier molecular flexibility index (Phi) is 4.69. The minimum Gasteiger partial charge on any atom is -0.393 e. The predicted octanol–water partition coefficient (Wildman–Crippen LogP) is 3.47. The van der Waals surface area contributed by atoms with Gasteiger partial charge in [0.15, 0.2) is 5.78 Å². The largest absolute Gasteiger partial charge is 0.393 e. The van der Waals surface area contributed by atoms with Crippen molar-refractivity contribution in [3.8, 4) is 0 Å². The molecule has 0 aromatic heterocycles. The van der Waals surface area contributed by atoms with Crippen LogP contribution in [0.4, 0.5) is 0 Å². The van der Waals surface area contributed by atoms with E-state index in [1.807, 2.05) is 13.8 Å². The van der Waals surface area contributed by atoms with Gasteiger partial charge >= 0.3 is 0 Å². The molecule has 2 N–H and O–H groups in total. The molecule has 9 atom stereocenters. The summed E-state index contributed by atoms with van der Waals surface area (Å²) in [6, 6.07) is 0. The Bertz CT molecular complexity index is 786. The topological polar surface area (TPSA) is 89.9 Å². The van der Waals surface area contributed by atoms with Crippen molar-refractivity contribution in [2.24, 2.45) is 34.5 Å². The molecule has 5 fully saturated rings. The summed E-state index contributed by atoms with van der Waals surface area (Å²) < 4.78 is 6.16. The van der Waals surface area contributed by atoms with Crippen LogP contribution in [0.5, 0.6) is 0 Å². The van der Waals surface area contributed by atoms with Gasteiger partial charge in [0.1, 0.15) is 11.3 Å². The lowest BCUT2D eigenvalue weighted by molar-refractivity contribution is -0.321. The van der Waals surface area contributed by atoms with E-state index in [1.165, 1.54) is 12.0 Å². The number of nitrogens with zero attached hydrogens (tertiary/aromatic N) is 1. The number of hydrogen-bond acceptors (Lipinski definition) is 5. The van der Waals surface area contributed by atoms with Gasteiger partial charge in [-0.2, -0.15) is 0 Å². The standard InChI is InChI=1S/C25H40NO5/c1-15(27)25(29)9-7-18-16-12-20(28)19-13-24(26(30)21(2,3)14-31-24)11-10-22(19,4)17(16)6-8-23(18,25)5/h16-20,28-29H,6-14H2,1-5H3/t16?,17?,18?,19?,20-,22+,23-,24?,25-/m0/s1. The second kappa shape index (κ2) is 6.53. The monoisotopic (exact) mass is 434 g/mol. The SMILES string of the molecule is CC(=O)[C@@]1(O)CCC2C3C[C@H](O)C4CC5(CC[C@]4(C)C3CC[C@@]21C)OCC(C)(C)N5[O]. The molecular weight excluding hydrogens is 394 g/mol. The Balaban J connectivity index is 1.44. The number of rotatable bonds is 1. The lowest BCUT2D eigenvalue weighted by Crippen LogP contribution is -2.64. The third kappa shape index (κ3) is 2.66. The zero-order valence-corrected chi connectivity index (χ0v) is 19.8. The number of ether oxygens (including phenoxy) is 1. The number of fused-ring (bicyclic) bond motifs is 5. The summed E-state index contributed by atoms with van der Waals surface area (Å²) in [5.41, 5.74) is -2.99. The third-order valence-electron chi connectivity index (χ3n) is 11.1. The fourth-order valence-corrected chi connectivity index (χ4v) is 9.13. The Labute approximate surface area is 186 Å². The smallest absolute Gasteiger partial charge is 0.161 e. The molecule has 0 aromatic rings. The van der Waals surface area contributed by atoms with Gasteiger partial charge in [0.2, 0.25) is 0 Å². The van der Waals surface area contributed by atoms with E-state index in [0.717, 1.165) is 25.7 Å². The molecule has 1 saturated heterocycles. The van der Waals surface area contributed by atoms with Crippen LogP contribution in [-0.2, 0) is 14.7 Å². The van der Waals surface area contributed by atoms with Gasteiger partial charge in [-0.15, -0.1) is 10.3 Å². The molecule has 1 heterocycles. The number of ketones is 1. The van der Waals surface area contributed by atoms with Gasteiger partial charge < -0.3 is 14.9 Å². The van der Waals surface area contributed by atoms with Crippen LogP contribution in [0.25, 0.3) is 0 Å². The Morgan fingerprint density at radius 2 is 1.68 bits per heavy atom. The number of Topliss-reactive ketones (excluding diaryl/α,β-unsaturated/α-hetero) is 1. The van der Waals surface area contributed by atoms with Crippen molar-refractivity contribution < 1.29 is 25.0 Å². The first-order valence-corrected chi connectivity index (χ1v) is 12.3. The maximum absolute atomic E-state index is 13.1. The van der Waals surface area contributed by atoms with Crippen LogP contribution < -0.4 is 0 Å². The van der Waals surface area contributed by atoms with Crippen molar-refractivity contribution in [2.75, 3.05) is 6.61 Å². The molecule has 31 heavy (non-hydrogen) atoms. The molecule has 6 heteroatoms. The van der Waals surface area contributed by atoms with E-state index in [0.29, 0.717) is 44.1 Å². The molecule has 1 spiro atoms. The summed E-state index contributed by atoms with van der Waals surface area (Å²) in [4.78, 5) is 12.4. The van der Waals surface area contributed by atoms with Crippen molar-refractivity contribution in [2.45, 2.75) is 109 Å². The number of carbonyl (C=O) groups excluding carboxylic acids is 1. The summed E-state index contributed by atoms with van der Waals surface area (Å²) in [6.07, 6.45) is 5.66. The lowest BCUT2D eigenvalue weighted by Gasteiger charge is -2.63. The van der Waals surface area contributed by atoms with E-state index in [2.05, 4.69) is 13.8 Å². The second-order valence-electron chi connectivity index (χ2n) is 12.7. The van der Waals surface area contributed by atoms with Crippen LogP contribution >= 0.6 is 0 Å². The molecule has 6 nitrogen and oxygen atoms in total. The van der Waals surface area contributed by atoms with Crippen molar-refractivity contribution in [3.63, 3.8) is 0 Å². The van der Waals surface area contributed by atoms with Gasteiger partial charge in [0, 0.05) is 5.41 Å². The number of hydroxylamine groups is 2. The highest BCUT2D eigenvalue weighted by Gasteiger charge is 2.69. The number of hydrogen-bond donors (Lipinski definition) is 2. The van der Waals surface area contributed by atoms with E-state index in [1.54, 1.807) is 0 Å². The van der Waals surface area contributed by atoms with Gasteiger partial charge in [-0.25, -0.2) is 0 Å². The maximum atomic E-state index is 13.1. The Morgan fingerprint density at radius 1 is 1.00 bits per heavy atom. The highest BCUT2D eigenvalue weighted by atomic mass is 16.6. The van der Waals surface area contributed by atoms with E-state index < -0.39 is 28.4 Å². The number of carbonyl (C=O) groups is 1. The van der Waals surface area contributed by atoms with Gasteiger partial charge in [-0.1, -0.05) is 13.8 Å². The fourth-order valence-electron chi connectivity index (χ4n) is 9.13. The van der Waals surface area contributed by atoms with Gasteiger partial charge in [0.25, 0.3) is 0 Å². The van der Waals surface area contributed by atoms with Crippen LogP contribution in [0.15, 0.2) is 0 Å². The maximum Gasteiger partial charge on any atom is 0.161 e. The Morgan fingerprint density at radius 3 is 2.29 bits per heavy atom. The predicted molar refractivity (Wildman–Crippen MR) is 114 cm³/mol. The zero-order valence-electron chi connectivity index (χ0n) is 19.8. The summed E-state index contributed by atoms with van der Waals surface area (Å²) in [7, 11) is 0. The van der Waals surface area contributed by atoms with E-state index >= 15 is 0 Å². The van der Waals surface area contributed by atoms with Crippen LogP contribution in [0.1, 0.15) is 86.0 Å². The van der Waals surface area contributed by atoms with E-state index in [9.17, 15) is 20.2 Å². The molecule has 175 valence electrons. The average molecular weight is 435 g/mol. The molecule has 1 radical (unpaired) electrons. The van der Waals surface area contributed by atoms with Crippen LogP contribution in [0.3, 0.4) is 0 Å². The first-order chi connectivity index (χ1) is 14.3. The van der Waals surface area contributed by atoms with Crippen LogP contribution in [0, 0.1) is 34.5 Å². The molecule has 5 aliphatic rings. The van der Waals surface area contributed by atoms with Gasteiger partial charge in [-0.3, -0.25) is 4.79 Å². The summed E-state index contributed by atoms with van der Waals surface area (Å²) >= 11 is 0.